The molecule has 1 rings (SSSR count). The minimum absolute atomic E-state index is 0.144. The topological polar surface area (TPSA) is 41.6 Å². The van der Waals surface area contributed by atoms with Crippen molar-refractivity contribution in [2.45, 2.75) is 46.2 Å². The van der Waals surface area contributed by atoms with Crippen LogP contribution >= 0.6 is 0 Å². The number of hydrogen-bond donors (Lipinski definition) is 1. The molecule has 0 aromatic heterocycles. The Hall–Kier alpha value is -1.55. The van der Waals surface area contributed by atoms with E-state index in [0.717, 1.165) is 24.3 Å². The molecule has 0 aliphatic heterocycles. The molecule has 0 saturated carbocycles. The lowest BCUT2D eigenvalue weighted by atomic mass is 10.1. The van der Waals surface area contributed by atoms with Gasteiger partial charge in [-0.1, -0.05) is 32.0 Å². The average molecular weight is 292 g/mol. The van der Waals surface area contributed by atoms with Crippen LogP contribution in [0.25, 0.3) is 0 Å². The summed E-state index contributed by atoms with van der Waals surface area (Å²) in [4.78, 5) is 13.1. The molecule has 0 unspecified atom stereocenters. The number of para-hydroxylation sites is 1. The van der Waals surface area contributed by atoms with Gasteiger partial charge in [0.1, 0.15) is 5.75 Å². The van der Waals surface area contributed by atoms with E-state index in [1.807, 2.05) is 0 Å². The highest BCUT2D eigenvalue weighted by atomic mass is 16.5. The van der Waals surface area contributed by atoms with E-state index in [9.17, 15) is 4.79 Å². The second kappa shape index (κ2) is 8.67. The third-order valence-electron chi connectivity index (χ3n) is 3.27. The summed E-state index contributed by atoms with van der Waals surface area (Å²) >= 11 is 0. The molecule has 0 atom stereocenters. The summed E-state index contributed by atoms with van der Waals surface area (Å²) in [6, 6.07) is 6.63. The van der Waals surface area contributed by atoms with Crippen LogP contribution in [0.5, 0.6) is 5.75 Å². The number of carbonyl (C=O) groups is 1. The van der Waals surface area contributed by atoms with E-state index in [1.165, 1.54) is 5.56 Å². The highest BCUT2D eigenvalue weighted by Crippen LogP contribution is 2.23. The summed E-state index contributed by atoms with van der Waals surface area (Å²) in [5, 5.41) is 3.41. The molecule has 21 heavy (non-hydrogen) atoms. The number of amides is 1. The molecule has 4 nitrogen and oxygen atoms in total. The molecular weight excluding hydrogens is 264 g/mol. The van der Waals surface area contributed by atoms with Crippen molar-refractivity contribution in [1.82, 2.24) is 10.2 Å². The lowest BCUT2D eigenvalue weighted by Gasteiger charge is -2.16. The van der Waals surface area contributed by atoms with E-state index < -0.39 is 0 Å². The van der Waals surface area contributed by atoms with Gasteiger partial charge in [0.2, 0.25) is 5.91 Å². The molecule has 0 saturated heterocycles. The smallest absolute Gasteiger partial charge is 0.222 e. The van der Waals surface area contributed by atoms with Gasteiger partial charge in [-0.15, -0.1) is 0 Å². The molecular formula is C17H28N2O2. The molecule has 0 fully saturated rings. The largest absolute Gasteiger partial charge is 0.493 e. The fourth-order valence-electron chi connectivity index (χ4n) is 1.99. The van der Waals surface area contributed by atoms with Crippen molar-refractivity contribution in [3.8, 4) is 5.75 Å². The number of aryl methyl sites for hydroxylation is 1. The van der Waals surface area contributed by atoms with Crippen LogP contribution in [-0.2, 0) is 11.3 Å². The van der Waals surface area contributed by atoms with Crippen LogP contribution in [0.1, 0.15) is 37.8 Å². The number of rotatable bonds is 8. The van der Waals surface area contributed by atoms with E-state index in [1.54, 1.807) is 19.0 Å². The van der Waals surface area contributed by atoms with Crippen molar-refractivity contribution in [3.63, 3.8) is 0 Å². The van der Waals surface area contributed by atoms with Gasteiger partial charge in [0.25, 0.3) is 0 Å². The van der Waals surface area contributed by atoms with Gasteiger partial charge in [-0.25, -0.2) is 0 Å². The van der Waals surface area contributed by atoms with Crippen LogP contribution in [0.15, 0.2) is 18.2 Å². The van der Waals surface area contributed by atoms with Crippen LogP contribution in [0, 0.1) is 6.92 Å². The Morgan fingerprint density at radius 1 is 1.33 bits per heavy atom. The van der Waals surface area contributed by atoms with Crippen molar-refractivity contribution >= 4 is 5.91 Å². The summed E-state index contributed by atoms with van der Waals surface area (Å²) in [7, 11) is 3.56. The van der Waals surface area contributed by atoms with Gasteiger partial charge < -0.3 is 15.0 Å². The Balaban J connectivity index is 2.55. The van der Waals surface area contributed by atoms with Gasteiger partial charge in [0.15, 0.2) is 0 Å². The first-order valence-electron chi connectivity index (χ1n) is 7.56. The highest BCUT2D eigenvalue weighted by molar-refractivity contribution is 5.75. The van der Waals surface area contributed by atoms with Crippen molar-refractivity contribution < 1.29 is 9.53 Å². The number of ether oxygens (including phenoxy) is 1. The maximum atomic E-state index is 11.5. The van der Waals surface area contributed by atoms with Crippen molar-refractivity contribution in [1.29, 1.82) is 0 Å². The summed E-state index contributed by atoms with van der Waals surface area (Å²) in [5.41, 5.74) is 2.31. The Labute approximate surface area is 128 Å². The monoisotopic (exact) mass is 292 g/mol. The van der Waals surface area contributed by atoms with Crippen molar-refractivity contribution in [2.75, 3.05) is 20.7 Å². The van der Waals surface area contributed by atoms with Gasteiger partial charge in [0.05, 0.1) is 6.61 Å². The zero-order valence-corrected chi connectivity index (χ0v) is 13.9. The lowest BCUT2D eigenvalue weighted by molar-refractivity contribution is -0.128. The summed E-state index contributed by atoms with van der Waals surface area (Å²) in [5.74, 6) is 1.09. The molecule has 1 amide bonds. The predicted molar refractivity (Wildman–Crippen MR) is 86.6 cm³/mol. The normalized spacial score (nSPS) is 10.8. The van der Waals surface area contributed by atoms with Gasteiger partial charge in [-0.2, -0.15) is 0 Å². The van der Waals surface area contributed by atoms with Crippen LogP contribution in [0.4, 0.5) is 0 Å². The van der Waals surface area contributed by atoms with Crippen LogP contribution < -0.4 is 10.1 Å². The van der Waals surface area contributed by atoms with E-state index >= 15 is 0 Å². The first kappa shape index (κ1) is 17.5. The molecule has 0 spiro atoms. The zero-order valence-electron chi connectivity index (χ0n) is 13.9. The average Bonchev–Trinajstić information content (AvgIpc) is 2.42. The molecule has 0 bridgehead atoms. The fraction of sp³-hybridized carbons (Fsp3) is 0.588. The standard InChI is InChI=1S/C17H28N2O2/c1-13(2)18-12-15-9-6-8-14(3)17(15)21-11-7-10-16(20)19(4)5/h6,8-9,13,18H,7,10-12H2,1-5H3. The Morgan fingerprint density at radius 3 is 2.67 bits per heavy atom. The number of benzene rings is 1. The first-order chi connectivity index (χ1) is 9.91. The number of carbonyl (C=O) groups excluding carboxylic acids is 1. The highest BCUT2D eigenvalue weighted by Gasteiger charge is 2.08. The first-order valence-corrected chi connectivity index (χ1v) is 7.56. The van der Waals surface area contributed by atoms with Crippen LogP contribution in [-0.4, -0.2) is 37.6 Å². The van der Waals surface area contributed by atoms with E-state index in [0.29, 0.717) is 19.1 Å². The van der Waals surface area contributed by atoms with Crippen molar-refractivity contribution in [3.05, 3.63) is 29.3 Å². The third-order valence-corrected chi connectivity index (χ3v) is 3.27. The van der Waals surface area contributed by atoms with Crippen molar-refractivity contribution in [2.24, 2.45) is 0 Å². The second-order valence-electron chi connectivity index (χ2n) is 5.84. The summed E-state index contributed by atoms with van der Waals surface area (Å²) in [6.45, 7) is 7.68. The SMILES string of the molecule is Cc1cccc(CNC(C)C)c1OCCCC(=O)N(C)C. The second-order valence-corrected chi connectivity index (χ2v) is 5.84. The maximum Gasteiger partial charge on any atom is 0.222 e. The van der Waals surface area contributed by atoms with E-state index in [2.05, 4.69) is 44.3 Å². The molecule has 1 aromatic rings. The Morgan fingerprint density at radius 2 is 2.05 bits per heavy atom. The van der Waals surface area contributed by atoms with E-state index in [-0.39, 0.29) is 5.91 Å². The minimum Gasteiger partial charge on any atom is -0.493 e. The lowest BCUT2D eigenvalue weighted by Crippen LogP contribution is -2.23. The number of hydrogen-bond acceptors (Lipinski definition) is 3. The number of nitrogens with one attached hydrogen (secondary N) is 1. The molecule has 0 aliphatic rings. The maximum absolute atomic E-state index is 11.5. The Kier molecular flexibility index (Phi) is 7.23. The summed E-state index contributed by atoms with van der Waals surface area (Å²) in [6.07, 6.45) is 1.26. The Bertz CT molecular complexity index is 456. The van der Waals surface area contributed by atoms with Gasteiger partial charge in [-0.3, -0.25) is 4.79 Å². The number of nitrogens with zero attached hydrogens (tertiary/aromatic N) is 1. The third kappa shape index (κ3) is 6.17. The molecule has 0 radical (unpaired) electrons. The van der Waals surface area contributed by atoms with Gasteiger partial charge in [-0.05, 0) is 18.9 Å². The fourth-order valence-corrected chi connectivity index (χ4v) is 1.99. The molecule has 0 heterocycles. The molecule has 1 N–H and O–H groups in total. The predicted octanol–water partition coefficient (Wildman–Crippen LogP) is 2.74. The van der Waals surface area contributed by atoms with E-state index in [4.69, 9.17) is 4.74 Å². The van der Waals surface area contributed by atoms with Gasteiger partial charge in [0, 0.05) is 38.7 Å². The molecule has 0 aliphatic carbocycles. The molecule has 118 valence electrons. The minimum atomic E-state index is 0.144. The van der Waals surface area contributed by atoms with Crippen LogP contribution in [0.2, 0.25) is 0 Å². The quantitative estimate of drug-likeness (QED) is 0.749. The molecule has 4 heteroatoms. The van der Waals surface area contributed by atoms with Gasteiger partial charge >= 0.3 is 0 Å². The molecule has 1 aromatic carbocycles. The zero-order chi connectivity index (χ0) is 15.8. The van der Waals surface area contributed by atoms with Crippen LogP contribution in [0.3, 0.4) is 0 Å². The summed E-state index contributed by atoms with van der Waals surface area (Å²) < 4.78 is 5.92.